The van der Waals surface area contributed by atoms with Crippen molar-refractivity contribution >= 4 is 27.5 Å². The summed E-state index contributed by atoms with van der Waals surface area (Å²) in [5, 5.41) is 9.92. The molecule has 1 heterocycles. The van der Waals surface area contributed by atoms with E-state index in [4.69, 9.17) is 0 Å². The van der Waals surface area contributed by atoms with Gasteiger partial charge in [-0.1, -0.05) is 34.1 Å². The Bertz CT molecular complexity index is 725. The van der Waals surface area contributed by atoms with E-state index in [9.17, 15) is 9.90 Å². The summed E-state index contributed by atoms with van der Waals surface area (Å²) in [6, 6.07) is 13.2. The zero-order chi connectivity index (χ0) is 16.4. The van der Waals surface area contributed by atoms with Crippen molar-refractivity contribution in [3.05, 3.63) is 58.1 Å². The first-order chi connectivity index (χ1) is 11.1. The fourth-order valence-corrected chi connectivity index (χ4v) is 3.28. The Morgan fingerprint density at radius 3 is 2.48 bits per heavy atom. The lowest BCUT2D eigenvalue weighted by Crippen LogP contribution is -2.49. The molecule has 1 fully saturated rings. The average Bonchev–Trinajstić information content (AvgIpc) is 2.57. The van der Waals surface area contributed by atoms with Crippen molar-refractivity contribution in [2.45, 2.75) is 6.92 Å². The number of carbonyl (C=O) groups is 1. The molecular weight excluding hydrogens is 356 g/mol. The molecule has 1 saturated heterocycles. The highest BCUT2D eigenvalue weighted by Gasteiger charge is 2.24. The molecule has 1 aliphatic rings. The highest BCUT2D eigenvalue weighted by Crippen LogP contribution is 2.25. The number of nitrogens with zero attached hydrogens (tertiary/aromatic N) is 2. The molecule has 0 saturated carbocycles. The lowest BCUT2D eigenvalue weighted by atomic mass is 10.1. The summed E-state index contributed by atoms with van der Waals surface area (Å²) in [5.41, 5.74) is 2.82. The number of para-hydroxylation sites is 1. The van der Waals surface area contributed by atoms with E-state index in [1.807, 2.05) is 12.1 Å². The molecule has 2 aromatic carbocycles. The van der Waals surface area contributed by atoms with Gasteiger partial charge in [-0.05, 0) is 36.8 Å². The van der Waals surface area contributed by atoms with Crippen molar-refractivity contribution in [3.63, 3.8) is 0 Å². The van der Waals surface area contributed by atoms with Gasteiger partial charge >= 0.3 is 0 Å². The third-order valence-corrected chi connectivity index (χ3v) is 4.71. The van der Waals surface area contributed by atoms with E-state index >= 15 is 0 Å². The number of piperazine rings is 1. The predicted octanol–water partition coefficient (Wildman–Crippen LogP) is 3.43. The van der Waals surface area contributed by atoms with Crippen molar-refractivity contribution in [1.29, 1.82) is 0 Å². The molecule has 5 heteroatoms. The molecule has 0 radical (unpaired) electrons. The minimum absolute atomic E-state index is 0.0273. The zero-order valence-corrected chi connectivity index (χ0v) is 14.6. The summed E-state index contributed by atoms with van der Waals surface area (Å²) in [5.74, 6) is -0.0900. The quantitative estimate of drug-likeness (QED) is 0.875. The molecule has 120 valence electrons. The van der Waals surface area contributed by atoms with Crippen molar-refractivity contribution in [2.24, 2.45) is 0 Å². The van der Waals surface area contributed by atoms with Crippen molar-refractivity contribution < 1.29 is 9.90 Å². The van der Waals surface area contributed by atoms with Gasteiger partial charge in [0.2, 0.25) is 0 Å². The van der Waals surface area contributed by atoms with Crippen molar-refractivity contribution in [2.75, 3.05) is 31.1 Å². The Morgan fingerprint density at radius 2 is 1.78 bits per heavy atom. The number of phenolic OH excluding ortho intramolecular Hbond substituents is 1. The smallest absolute Gasteiger partial charge is 0.257 e. The van der Waals surface area contributed by atoms with Crippen LogP contribution in [0.5, 0.6) is 5.75 Å². The molecular formula is C18H19BrN2O2. The summed E-state index contributed by atoms with van der Waals surface area (Å²) < 4.78 is 0.789. The third-order valence-electron chi connectivity index (χ3n) is 4.21. The monoisotopic (exact) mass is 374 g/mol. The van der Waals surface area contributed by atoms with Crippen LogP contribution in [0.25, 0.3) is 0 Å². The molecule has 2 aromatic rings. The number of aryl methyl sites for hydroxylation is 1. The standard InChI is InChI=1S/C18H19BrN2O2/c1-13-4-2-3-5-16(13)20-8-10-21(11-9-20)18(23)15-12-14(19)6-7-17(15)22/h2-7,12,22H,8-11H2,1H3. The number of hydrogen-bond acceptors (Lipinski definition) is 3. The van der Waals surface area contributed by atoms with Crippen LogP contribution in [0.1, 0.15) is 15.9 Å². The zero-order valence-electron chi connectivity index (χ0n) is 13.0. The SMILES string of the molecule is Cc1ccccc1N1CCN(C(=O)c2cc(Br)ccc2O)CC1. The van der Waals surface area contributed by atoms with E-state index in [2.05, 4.69) is 39.9 Å². The summed E-state index contributed by atoms with van der Waals surface area (Å²) in [6.45, 7) is 5.00. The number of rotatable bonds is 2. The first-order valence-electron chi connectivity index (χ1n) is 7.64. The summed E-state index contributed by atoms with van der Waals surface area (Å²) >= 11 is 3.35. The Hall–Kier alpha value is -2.01. The van der Waals surface area contributed by atoms with E-state index in [0.29, 0.717) is 18.7 Å². The number of carbonyl (C=O) groups excluding carboxylic acids is 1. The van der Waals surface area contributed by atoms with Gasteiger partial charge in [0, 0.05) is 36.3 Å². The van der Waals surface area contributed by atoms with Crippen LogP contribution >= 0.6 is 15.9 Å². The Morgan fingerprint density at radius 1 is 1.09 bits per heavy atom. The number of halogens is 1. The second-order valence-corrected chi connectivity index (χ2v) is 6.64. The number of phenols is 1. The van der Waals surface area contributed by atoms with Crippen molar-refractivity contribution in [1.82, 2.24) is 4.90 Å². The first kappa shape index (κ1) is 15.9. The predicted molar refractivity (Wildman–Crippen MR) is 95.1 cm³/mol. The largest absolute Gasteiger partial charge is 0.507 e. The highest BCUT2D eigenvalue weighted by molar-refractivity contribution is 9.10. The number of anilines is 1. The number of amides is 1. The van der Waals surface area contributed by atoms with Crippen LogP contribution in [0, 0.1) is 6.92 Å². The minimum Gasteiger partial charge on any atom is -0.507 e. The van der Waals surface area contributed by atoms with Crippen LogP contribution in [0.4, 0.5) is 5.69 Å². The Labute approximate surface area is 144 Å². The molecule has 0 bridgehead atoms. The van der Waals surface area contributed by atoms with E-state index in [1.165, 1.54) is 11.3 Å². The van der Waals surface area contributed by atoms with Gasteiger partial charge in [0.05, 0.1) is 5.56 Å². The molecule has 1 aliphatic heterocycles. The Kier molecular flexibility index (Phi) is 4.57. The molecule has 0 unspecified atom stereocenters. The minimum atomic E-state index is -0.117. The normalized spacial score (nSPS) is 14.9. The maximum atomic E-state index is 12.6. The summed E-state index contributed by atoms with van der Waals surface area (Å²) in [4.78, 5) is 16.7. The molecule has 4 nitrogen and oxygen atoms in total. The molecule has 0 atom stereocenters. The average molecular weight is 375 g/mol. The Balaban J connectivity index is 1.70. The maximum absolute atomic E-state index is 12.6. The van der Waals surface area contributed by atoms with E-state index in [1.54, 1.807) is 23.1 Å². The topological polar surface area (TPSA) is 43.8 Å². The number of aromatic hydroxyl groups is 1. The molecule has 0 spiro atoms. The molecule has 1 amide bonds. The van der Waals surface area contributed by atoms with Crippen LogP contribution in [0.2, 0.25) is 0 Å². The molecule has 0 aliphatic carbocycles. The molecule has 3 rings (SSSR count). The molecule has 23 heavy (non-hydrogen) atoms. The summed E-state index contributed by atoms with van der Waals surface area (Å²) in [7, 11) is 0. The van der Waals surface area contributed by atoms with Gasteiger partial charge in [0.1, 0.15) is 5.75 Å². The second-order valence-electron chi connectivity index (χ2n) is 5.73. The van der Waals surface area contributed by atoms with Crippen LogP contribution in [0.15, 0.2) is 46.9 Å². The van der Waals surface area contributed by atoms with E-state index < -0.39 is 0 Å². The van der Waals surface area contributed by atoms with Gasteiger partial charge < -0.3 is 14.9 Å². The van der Waals surface area contributed by atoms with Gasteiger partial charge in [-0.15, -0.1) is 0 Å². The van der Waals surface area contributed by atoms with Gasteiger partial charge in [-0.25, -0.2) is 0 Å². The van der Waals surface area contributed by atoms with Gasteiger partial charge in [-0.2, -0.15) is 0 Å². The van der Waals surface area contributed by atoms with Crippen molar-refractivity contribution in [3.8, 4) is 5.75 Å². The van der Waals surface area contributed by atoms with Gasteiger partial charge in [-0.3, -0.25) is 4.79 Å². The van der Waals surface area contributed by atoms with Gasteiger partial charge in [0.25, 0.3) is 5.91 Å². The first-order valence-corrected chi connectivity index (χ1v) is 8.44. The fourth-order valence-electron chi connectivity index (χ4n) is 2.92. The van der Waals surface area contributed by atoms with Crippen LogP contribution in [0.3, 0.4) is 0 Å². The number of hydrogen-bond donors (Lipinski definition) is 1. The third kappa shape index (κ3) is 3.34. The summed E-state index contributed by atoms with van der Waals surface area (Å²) in [6.07, 6.45) is 0. The molecule has 0 aromatic heterocycles. The van der Waals surface area contributed by atoms with E-state index in [0.717, 1.165) is 17.6 Å². The second kappa shape index (κ2) is 6.62. The highest BCUT2D eigenvalue weighted by atomic mass is 79.9. The fraction of sp³-hybridized carbons (Fsp3) is 0.278. The number of benzene rings is 2. The van der Waals surface area contributed by atoms with Crippen LogP contribution in [-0.4, -0.2) is 42.1 Å². The van der Waals surface area contributed by atoms with E-state index in [-0.39, 0.29) is 11.7 Å². The van der Waals surface area contributed by atoms with Crippen LogP contribution < -0.4 is 4.90 Å². The van der Waals surface area contributed by atoms with Crippen LogP contribution in [-0.2, 0) is 0 Å². The lowest BCUT2D eigenvalue weighted by molar-refractivity contribution is 0.0743. The maximum Gasteiger partial charge on any atom is 0.257 e. The molecule has 1 N–H and O–H groups in total. The van der Waals surface area contributed by atoms with Gasteiger partial charge in [0.15, 0.2) is 0 Å². The lowest BCUT2D eigenvalue weighted by Gasteiger charge is -2.37.